The van der Waals surface area contributed by atoms with E-state index in [1.165, 1.54) is 12.5 Å². The lowest BCUT2D eigenvalue weighted by molar-refractivity contribution is 0.341. The number of aromatic amines is 1. The van der Waals surface area contributed by atoms with Gasteiger partial charge in [-0.3, -0.25) is 4.79 Å². The first-order chi connectivity index (χ1) is 6.84. The Morgan fingerprint density at radius 2 is 2.43 bits per heavy atom. The van der Waals surface area contributed by atoms with Crippen molar-refractivity contribution >= 4 is 11.8 Å². The molecule has 1 fully saturated rings. The number of rotatable bonds is 4. The van der Waals surface area contributed by atoms with Crippen molar-refractivity contribution in [2.45, 2.75) is 11.6 Å². The zero-order chi connectivity index (χ0) is 9.80. The van der Waals surface area contributed by atoms with E-state index >= 15 is 0 Å². The standard InChI is InChI=1S/C9H13N3OS/c13-8-1-3-11-9(12-8)14-4-2-7-5-10-6-7/h1,3,7,10H,2,4-6H2,(H,11,12,13). The molecule has 2 heterocycles. The zero-order valence-electron chi connectivity index (χ0n) is 7.82. The second kappa shape index (κ2) is 4.61. The lowest BCUT2D eigenvalue weighted by atomic mass is 10.0. The van der Waals surface area contributed by atoms with Gasteiger partial charge < -0.3 is 10.3 Å². The van der Waals surface area contributed by atoms with Gasteiger partial charge in [0.2, 0.25) is 0 Å². The van der Waals surface area contributed by atoms with Crippen LogP contribution in [0.2, 0.25) is 0 Å². The molecular weight excluding hydrogens is 198 g/mol. The zero-order valence-corrected chi connectivity index (χ0v) is 8.64. The molecule has 76 valence electrons. The van der Waals surface area contributed by atoms with Crippen LogP contribution < -0.4 is 10.9 Å². The fourth-order valence-corrected chi connectivity index (χ4v) is 2.25. The monoisotopic (exact) mass is 211 g/mol. The van der Waals surface area contributed by atoms with Crippen LogP contribution in [0.4, 0.5) is 0 Å². The molecule has 0 aromatic carbocycles. The summed E-state index contributed by atoms with van der Waals surface area (Å²) in [6, 6.07) is 1.43. The minimum atomic E-state index is -0.0761. The smallest absolute Gasteiger partial charge is 0.251 e. The van der Waals surface area contributed by atoms with Crippen molar-refractivity contribution < 1.29 is 0 Å². The van der Waals surface area contributed by atoms with Gasteiger partial charge in [0, 0.05) is 18.0 Å². The maximum atomic E-state index is 10.9. The van der Waals surface area contributed by atoms with Gasteiger partial charge in [-0.15, -0.1) is 0 Å². The molecule has 1 aliphatic rings. The quantitative estimate of drug-likeness (QED) is 0.561. The van der Waals surface area contributed by atoms with Crippen LogP contribution in [0.1, 0.15) is 6.42 Å². The number of thioether (sulfide) groups is 1. The molecule has 1 aromatic rings. The third-order valence-electron chi connectivity index (χ3n) is 2.28. The van der Waals surface area contributed by atoms with E-state index in [1.54, 1.807) is 18.0 Å². The molecule has 2 N–H and O–H groups in total. The molecule has 2 rings (SSSR count). The number of H-pyrrole nitrogens is 1. The van der Waals surface area contributed by atoms with E-state index in [2.05, 4.69) is 15.3 Å². The number of hydrogen-bond acceptors (Lipinski definition) is 4. The van der Waals surface area contributed by atoms with Crippen LogP contribution in [0.15, 0.2) is 22.2 Å². The molecule has 0 unspecified atom stereocenters. The van der Waals surface area contributed by atoms with E-state index in [4.69, 9.17) is 0 Å². The molecule has 5 heteroatoms. The molecule has 4 nitrogen and oxygen atoms in total. The fourth-order valence-electron chi connectivity index (χ4n) is 1.30. The molecule has 0 radical (unpaired) electrons. The molecule has 0 bridgehead atoms. The molecule has 0 amide bonds. The summed E-state index contributed by atoms with van der Waals surface area (Å²) in [6.07, 6.45) is 2.74. The van der Waals surface area contributed by atoms with Gasteiger partial charge in [-0.2, -0.15) is 0 Å². The summed E-state index contributed by atoms with van der Waals surface area (Å²) >= 11 is 1.62. The van der Waals surface area contributed by atoms with Gasteiger partial charge in [-0.25, -0.2) is 4.98 Å². The predicted molar refractivity (Wildman–Crippen MR) is 56.6 cm³/mol. The first-order valence-corrected chi connectivity index (χ1v) is 5.72. The molecule has 1 saturated heterocycles. The molecule has 0 saturated carbocycles. The van der Waals surface area contributed by atoms with Gasteiger partial charge in [-0.1, -0.05) is 11.8 Å². The van der Waals surface area contributed by atoms with Crippen LogP contribution in [-0.4, -0.2) is 28.8 Å². The van der Waals surface area contributed by atoms with Crippen LogP contribution >= 0.6 is 11.8 Å². The molecule has 14 heavy (non-hydrogen) atoms. The minimum Gasteiger partial charge on any atom is -0.316 e. The highest BCUT2D eigenvalue weighted by atomic mass is 32.2. The average Bonchev–Trinajstić information content (AvgIpc) is 2.09. The Bertz CT molecular complexity index is 348. The molecular formula is C9H13N3OS. The molecule has 1 aliphatic heterocycles. The van der Waals surface area contributed by atoms with Crippen LogP contribution in [0.25, 0.3) is 0 Å². The van der Waals surface area contributed by atoms with Gasteiger partial charge in [-0.05, 0) is 25.4 Å². The Morgan fingerprint density at radius 3 is 3.07 bits per heavy atom. The molecule has 1 aromatic heterocycles. The lowest BCUT2D eigenvalue weighted by Gasteiger charge is -2.26. The van der Waals surface area contributed by atoms with Crippen molar-refractivity contribution in [3.63, 3.8) is 0 Å². The third kappa shape index (κ3) is 2.59. The summed E-state index contributed by atoms with van der Waals surface area (Å²) < 4.78 is 0. The van der Waals surface area contributed by atoms with Gasteiger partial charge in [0.1, 0.15) is 0 Å². The summed E-state index contributed by atoms with van der Waals surface area (Å²) in [6.45, 7) is 2.28. The molecule has 0 atom stereocenters. The van der Waals surface area contributed by atoms with Crippen LogP contribution in [0.3, 0.4) is 0 Å². The van der Waals surface area contributed by atoms with E-state index in [0.29, 0.717) is 0 Å². The van der Waals surface area contributed by atoms with Gasteiger partial charge >= 0.3 is 0 Å². The van der Waals surface area contributed by atoms with E-state index in [1.807, 2.05) is 0 Å². The van der Waals surface area contributed by atoms with Crippen molar-refractivity contribution in [3.8, 4) is 0 Å². The van der Waals surface area contributed by atoms with E-state index in [9.17, 15) is 4.79 Å². The van der Waals surface area contributed by atoms with Crippen LogP contribution in [-0.2, 0) is 0 Å². The van der Waals surface area contributed by atoms with Crippen molar-refractivity contribution in [1.82, 2.24) is 15.3 Å². The van der Waals surface area contributed by atoms with Crippen molar-refractivity contribution in [1.29, 1.82) is 0 Å². The van der Waals surface area contributed by atoms with E-state index in [-0.39, 0.29) is 5.56 Å². The highest BCUT2D eigenvalue weighted by molar-refractivity contribution is 7.99. The first-order valence-electron chi connectivity index (χ1n) is 4.73. The summed E-state index contributed by atoms with van der Waals surface area (Å²) in [5.74, 6) is 1.84. The fraction of sp³-hybridized carbons (Fsp3) is 0.556. The topological polar surface area (TPSA) is 57.8 Å². The summed E-state index contributed by atoms with van der Waals surface area (Å²) in [4.78, 5) is 17.7. The normalized spacial score (nSPS) is 16.6. The van der Waals surface area contributed by atoms with Crippen LogP contribution in [0, 0.1) is 5.92 Å². The highest BCUT2D eigenvalue weighted by Crippen LogP contribution is 2.16. The van der Waals surface area contributed by atoms with Crippen LogP contribution in [0.5, 0.6) is 0 Å². The third-order valence-corrected chi connectivity index (χ3v) is 3.20. The second-order valence-electron chi connectivity index (χ2n) is 3.40. The summed E-state index contributed by atoms with van der Waals surface area (Å²) in [5, 5.41) is 3.96. The average molecular weight is 211 g/mol. The largest absolute Gasteiger partial charge is 0.316 e. The SMILES string of the molecule is O=c1ccnc(SCCC2CNC2)[nH]1. The molecule has 0 spiro atoms. The lowest BCUT2D eigenvalue weighted by Crippen LogP contribution is -2.42. The van der Waals surface area contributed by atoms with Crippen molar-refractivity contribution in [2.24, 2.45) is 5.92 Å². The predicted octanol–water partition coefficient (Wildman–Crippen LogP) is 0.471. The summed E-state index contributed by atoms with van der Waals surface area (Å²) in [5.41, 5.74) is -0.0761. The van der Waals surface area contributed by atoms with E-state index in [0.717, 1.165) is 29.9 Å². The van der Waals surface area contributed by atoms with Crippen molar-refractivity contribution in [3.05, 3.63) is 22.6 Å². The van der Waals surface area contributed by atoms with Gasteiger partial charge in [0.25, 0.3) is 5.56 Å². The number of hydrogen-bond donors (Lipinski definition) is 2. The minimum absolute atomic E-state index is 0.0761. The van der Waals surface area contributed by atoms with E-state index < -0.39 is 0 Å². The Morgan fingerprint density at radius 1 is 1.57 bits per heavy atom. The Kier molecular flexibility index (Phi) is 3.21. The Hall–Kier alpha value is -0.810. The maximum absolute atomic E-state index is 10.9. The van der Waals surface area contributed by atoms with Gasteiger partial charge in [0.05, 0.1) is 0 Å². The number of nitrogens with one attached hydrogen (secondary N) is 2. The first kappa shape index (κ1) is 9.73. The Labute approximate surface area is 86.5 Å². The highest BCUT2D eigenvalue weighted by Gasteiger charge is 2.15. The maximum Gasteiger partial charge on any atom is 0.251 e. The summed E-state index contributed by atoms with van der Waals surface area (Å²) in [7, 11) is 0. The van der Waals surface area contributed by atoms with Crippen molar-refractivity contribution in [2.75, 3.05) is 18.8 Å². The number of aromatic nitrogens is 2. The number of nitrogens with zero attached hydrogens (tertiary/aromatic N) is 1. The van der Waals surface area contributed by atoms with Gasteiger partial charge in [0.15, 0.2) is 5.16 Å². The Balaban J connectivity index is 1.76. The second-order valence-corrected chi connectivity index (χ2v) is 4.48. The molecule has 0 aliphatic carbocycles.